The van der Waals surface area contributed by atoms with E-state index in [9.17, 15) is 4.79 Å². The van der Waals surface area contributed by atoms with E-state index in [2.05, 4.69) is 6.58 Å². The van der Waals surface area contributed by atoms with Gasteiger partial charge in [-0.15, -0.1) is 0 Å². The van der Waals surface area contributed by atoms with Crippen LogP contribution in [0, 0.1) is 0 Å². The van der Waals surface area contributed by atoms with Gasteiger partial charge in [0.25, 0.3) is 0 Å². The second-order valence-corrected chi connectivity index (χ2v) is 3.07. The minimum Gasteiger partial charge on any atom is -0.496 e. The monoisotopic (exact) mass is 222 g/mol. The van der Waals surface area contributed by atoms with E-state index in [1.54, 1.807) is 0 Å². The number of benzene rings is 1. The molecule has 0 saturated carbocycles. The van der Waals surface area contributed by atoms with Crippen LogP contribution in [-0.4, -0.2) is 19.7 Å². The first-order valence-corrected chi connectivity index (χ1v) is 4.61. The highest BCUT2D eigenvalue weighted by molar-refractivity contribution is 5.95. The summed E-state index contributed by atoms with van der Waals surface area (Å²) in [6.45, 7) is 3.58. The van der Waals surface area contributed by atoms with Crippen molar-refractivity contribution in [3.8, 4) is 5.75 Å². The predicted molar refractivity (Wildman–Crippen MR) is 62.3 cm³/mol. The number of rotatable bonds is 4. The van der Waals surface area contributed by atoms with Gasteiger partial charge in [-0.05, 0) is 6.07 Å². The average molecular weight is 222 g/mol. The number of nitrogen functional groups attached to an aromatic ring is 2. The van der Waals surface area contributed by atoms with Crippen LogP contribution in [0.3, 0.4) is 0 Å². The van der Waals surface area contributed by atoms with Gasteiger partial charge in [-0.1, -0.05) is 12.7 Å². The predicted octanol–water partition coefficient (Wildman–Crippen LogP) is 1.20. The Hall–Kier alpha value is -2.17. The molecule has 0 radical (unpaired) electrons. The van der Waals surface area contributed by atoms with Gasteiger partial charge in [-0.3, -0.25) is 0 Å². The molecule has 1 aromatic carbocycles. The van der Waals surface area contributed by atoms with E-state index in [0.717, 1.165) is 0 Å². The van der Waals surface area contributed by atoms with Crippen molar-refractivity contribution in [2.24, 2.45) is 0 Å². The molecule has 0 bridgehead atoms. The molecule has 16 heavy (non-hydrogen) atoms. The molecule has 0 unspecified atom stereocenters. The molecule has 0 atom stereocenters. The first kappa shape index (κ1) is 11.9. The van der Waals surface area contributed by atoms with Gasteiger partial charge in [0, 0.05) is 6.07 Å². The van der Waals surface area contributed by atoms with Gasteiger partial charge in [-0.2, -0.15) is 0 Å². The number of nitrogens with two attached hydrogens (primary N) is 2. The Morgan fingerprint density at radius 1 is 1.44 bits per heavy atom. The zero-order valence-corrected chi connectivity index (χ0v) is 9.03. The molecular formula is C11H14N2O3. The van der Waals surface area contributed by atoms with Crippen LogP contribution in [-0.2, 0) is 4.74 Å². The number of ether oxygens (including phenoxy) is 2. The zero-order chi connectivity index (χ0) is 12.1. The molecule has 0 fully saturated rings. The molecule has 0 aliphatic carbocycles. The van der Waals surface area contributed by atoms with Crippen LogP contribution >= 0.6 is 0 Å². The molecule has 1 aromatic rings. The summed E-state index contributed by atoms with van der Waals surface area (Å²) in [7, 11) is 1.44. The van der Waals surface area contributed by atoms with E-state index in [4.69, 9.17) is 20.9 Å². The summed E-state index contributed by atoms with van der Waals surface area (Å²) in [4.78, 5) is 11.6. The highest BCUT2D eigenvalue weighted by Crippen LogP contribution is 2.27. The second-order valence-electron chi connectivity index (χ2n) is 3.07. The minimum atomic E-state index is -0.525. The van der Waals surface area contributed by atoms with Crippen molar-refractivity contribution in [2.45, 2.75) is 0 Å². The van der Waals surface area contributed by atoms with Crippen molar-refractivity contribution in [1.82, 2.24) is 0 Å². The summed E-state index contributed by atoms with van der Waals surface area (Å²) < 4.78 is 9.90. The molecule has 1 rings (SSSR count). The number of hydrogen-bond acceptors (Lipinski definition) is 5. The molecule has 4 N–H and O–H groups in total. The normalized spacial score (nSPS) is 9.56. The Labute approximate surface area is 93.6 Å². The third-order valence-corrected chi connectivity index (χ3v) is 1.96. The lowest BCUT2D eigenvalue weighted by Crippen LogP contribution is -2.09. The lowest BCUT2D eigenvalue weighted by atomic mass is 10.1. The molecule has 5 nitrogen and oxygen atoms in total. The van der Waals surface area contributed by atoms with E-state index in [0.29, 0.717) is 17.1 Å². The van der Waals surface area contributed by atoms with Crippen LogP contribution in [0.5, 0.6) is 5.75 Å². The molecule has 0 spiro atoms. The van der Waals surface area contributed by atoms with Gasteiger partial charge in [-0.25, -0.2) is 4.79 Å². The summed E-state index contributed by atoms with van der Waals surface area (Å²) >= 11 is 0. The Morgan fingerprint density at radius 3 is 2.62 bits per heavy atom. The minimum absolute atomic E-state index is 0.131. The Bertz CT molecular complexity index is 416. The summed E-state index contributed by atoms with van der Waals surface area (Å²) in [5, 5.41) is 0. The summed E-state index contributed by atoms with van der Waals surface area (Å²) in [5.74, 6) is -0.191. The lowest BCUT2D eigenvalue weighted by molar-refractivity contribution is 0.0546. The number of esters is 1. The Kier molecular flexibility index (Phi) is 3.77. The third kappa shape index (κ3) is 2.44. The SMILES string of the molecule is C=CCOC(=O)c1cc(N)c(N)cc1OC. The van der Waals surface area contributed by atoms with E-state index in [-0.39, 0.29) is 12.2 Å². The summed E-state index contributed by atoms with van der Waals surface area (Å²) in [6.07, 6.45) is 1.48. The maximum Gasteiger partial charge on any atom is 0.342 e. The number of carbonyl (C=O) groups is 1. The highest BCUT2D eigenvalue weighted by Gasteiger charge is 2.15. The number of carbonyl (C=O) groups excluding carboxylic acids is 1. The third-order valence-electron chi connectivity index (χ3n) is 1.96. The van der Waals surface area contributed by atoms with Crippen LogP contribution in [0.25, 0.3) is 0 Å². The van der Waals surface area contributed by atoms with Gasteiger partial charge >= 0.3 is 5.97 Å². The molecule has 0 saturated heterocycles. The number of anilines is 2. The van der Waals surface area contributed by atoms with Crippen molar-refractivity contribution >= 4 is 17.3 Å². The fraction of sp³-hybridized carbons (Fsp3) is 0.182. The molecule has 0 aliphatic rings. The lowest BCUT2D eigenvalue weighted by Gasteiger charge is -2.10. The topological polar surface area (TPSA) is 87.6 Å². The average Bonchev–Trinajstić information content (AvgIpc) is 2.28. The van der Waals surface area contributed by atoms with Gasteiger partial charge < -0.3 is 20.9 Å². The Morgan fingerprint density at radius 2 is 2.06 bits per heavy atom. The molecule has 0 amide bonds. The number of methoxy groups -OCH3 is 1. The Balaban J connectivity index is 3.06. The molecular weight excluding hydrogens is 208 g/mol. The van der Waals surface area contributed by atoms with Gasteiger partial charge in [0.2, 0.25) is 0 Å². The molecule has 5 heteroatoms. The van der Waals surface area contributed by atoms with Crippen LogP contribution in [0.4, 0.5) is 11.4 Å². The van der Waals surface area contributed by atoms with Gasteiger partial charge in [0.05, 0.1) is 18.5 Å². The van der Waals surface area contributed by atoms with Crippen molar-refractivity contribution in [1.29, 1.82) is 0 Å². The number of hydrogen-bond donors (Lipinski definition) is 2. The van der Waals surface area contributed by atoms with Gasteiger partial charge in [0.1, 0.15) is 17.9 Å². The largest absolute Gasteiger partial charge is 0.496 e. The van der Waals surface area contributed by atoms with Crippen molar-refractivity contribution in [3.63, 3.8) is 0 Å². The van der Waals surface area contributed by atoms with E-state index < -0.39 is 5.97 Å². The first-order valence-electron chi connectivity index (χ1n) is 4.61. The zero-order valence-electron chi connectivity index (χ0n) is 9.03. The van der Waals surface area contributed by atoms with E-state index in [1.807, 2.05) is 0 Å². The van der Waals surface area contributed by atoms with Crippen molar-refractivity contribution < 1.29 is 14.3 Å². The maximum absolute atomic E-state index is 11.6. The fourth-order valence-corrected chi connectivity index (χ4v) is 1.15. The smallest absolute Gasteiger partial charge is 0.342 e. The molecule has 0 aromatic heterocycles. The van der Waals surface area contributed by atoms with Crippen molar-refractivity contribution in [2.75, 3.05) is 25.2 Å². The van der Waals surface area contributed by atoms with Gasteiger partial charge in [0.15, 0.2) is 0 Å². The molecule has 0 heterocycles. The highest BCUT2D eigenvalue weighted by atomic mass is 16.5. The van der Waals surface area contributed by atoms with Crippen LogP contribution < -0.4 is 16.2 Å². The molecule has 0 aliphatic heterocycles. The van der Waals surface area contributed by atoms with E-state index >= 15 is 0 Å². The van der Waals surface area contributed by atoms with Crippen LogP contribution in [0.1, 0.15) is 10.4 Å². The summed E-state index contributed by atoms with van der Waals surface area (Å²) in [5.41, 5.74) is 12.1. The van der Waals surface area contributed by atoms with Crippen molar-refractivity contribution in [3.05, 3.63) is 30.4 Å². The van der Waals surface area contributed by atoms with E-state index in [1.165, 1.54) is 25.3 Å². The first-order chi connectivity index (χ1) is 7.60. The molecule has 86 valence electrons. The standard InChI is InChI=1S/C11H14N2O3/c1-3-4-16-11(14)7-5-8(12)9(13)6-10(7)15-2/h3,5-6H,1,4,12-13H2,2H3. The fourth-order valence-electron chi connectivity index (χ4n) is 1.15. The van der Waals surface area contributed by atoms with Crippen LogP contribution in [0.15, 0.2) is 24.8 Å². The van der Waals surface area contributed by atoms with Crippen LogP contribution in [0.2, 0.25) is 0 Å². The quantitative estimate of drug-likeness (QED) is 0.454. The second kappa shape index (κ2) is 5.06. The maximum atomic E-state index is 11.6. The summed E-state index contributed by atoms with van der Waals surface area (Å²) in [6, 6.07) is 2.92.